The van der Waals surface area contributed by atoms with E-state index in [1.807, 2.05) is 43.9 Å². The Balaban J connectivity index is 1.56. The third kappa shape index (κ3) is 3.47. The summed E-state index contributed by atoms with van der Waals surface area (Å²) < 4.78 is 22.2. The van der Waals surface area contributed by atoms with Crippen LogP contribution in [0.1, 0.15) is 39.2 Å². The van der Waals surface area contributed by atoms with E-state index in [-0.39, 0.29) is 12.1 Å². The average molecular weight is 375 g/mol. The monoisotopic (exact) mass is 375 g/mol. The zero-order valence-corrected chi connectivity index (χ0v) is 16.7. The van der Waals surface area contributed by atoms with Crippen LogP contribution in [-0.4, -0.2) is 49.1 Å². The zero-order valence-electron chi connectivity index (χ0n) is 16.7. The van der Waals surface area contributed by atoms with Gasteiger partial charge in [0.2, 0.25) is 0 Å². The molecule has 148 valence electrons. The fraction of sp³-hybridized carbons (Fsp3) is 0.667. The van der Waals surface area contributed by atoms with Gasteiger partial charge >= 0.3 is 6.09 Å². The molecule has 1 aromatic carbocycles. The van der Waals surface area contributed by atoms with Gasteiger partial charge in [-0.25, -0.2) is 4.79 Å². The number of epoxide rings is 1. The minimum Gasteiger partial charge on any atom is -0.497 e. The molecule has 6 nitrogen and oxygen atoms in total. The Morgan fingerprint density at radius 3 is 2.59 bits per heavy atom. The van der Waals surface area contributed by atoms with Crippen LogP contribution in [0.15, 0.2) is 18.2 Å². The summed E-state index contributed by atoms with van der Waals surface area (Å²) in [7, 11) is 3.26. The van der Waals surface area contributed by atoms with Gasteiger partial charge in [-0.1, -0.05) is 0 Å². The quantitative estimate of drug-likeness (QED) is 0.736. The number of nitrogens with zero attached hydrogens (tertiary/aromatic N) is 1. The lowest BCUT2D eigenvalue weighted by Crippen LogP contribution is -2.55. The summed E-state index contributed by atoms with van der Waals surface area (Å²) >= 11 is 0. The summed E-state index contributed by atoms with van der Waals surface area (Å²) in [5.74, 6) is 2.57. The summed E-state index contributed by atoms with van der Waals surface area (Å²) in [6, 6.07) is 5.91. The number of carbonyl (C=O) groups is 1. The molecule has 0 spiro atoms. The predicted molar refractivity (Wildman–Crippen MR) is 100.0 cm³/mol. The highest BCUT2D eigenvalue weighted by molar-refractivity contribution is 5.69. The lowest BCUT2D eigenvalue weighted by atomic mass is 9.70. The molecule has 0 bridgehead atoms. The molecule has 4 rings (SSSR count). The molecule has 0 unspecified atom stereocenters. The highest BCUT2D eigenvalue weighted by atomic mass is 16.6. The Kier molecular flexibility index (Phi) is 4.49. The maximum atomic E-state index is 13.0. The van der Waals surface area contributed by atoms with Crippen molar-refractivity contribution in [2.75, 3.05) is 14.2 Å². The van der Waals surface area contributed by atoms with Gasteiger partial charge in [0.1, 0.15) is 17.1 Å². The summed E-state index contributed by atoms with van der Waals surface area (Å²) in [4.78, 5) is 14.9. The molecule has 0 radical (unpaired) electrons. The highest BCUT2D eigenvalue weighted by Gasteiger charge is 2.64. The Bertz CT molecular complexity index is 728. The van der Waals surface area contributed by atoms with E-state index in [0.717, 1.165) is 29.9 Å². The molecule has 27 heavy (non-hydrogen) atoms. The SMILES string of the molecule is COc1ccc(CN(C(=O)OC(C)(C)C)[C@@H]2C[C@H]3[C@@H]2C[C@@H]2O[C@H]32)c(OC)c1. The highest BCUT2D eigenvalue weighted by Crippen LogP contribution is 2.58. The summed E-state index contributed by atoms with van der Waals surface area (Å²) in [6.07, 6.45) is 2.64. The second-order valence-electron chi connectivity index (χ2n) is 8.79. The van der Waals surface area contributed by atoms with Gasteiger partial charge in [0, 0.05) is 17.7 Å². The van der Waals surface area contributed by atoms with Gasteiger partial charge in [0.05, 0.1) is 33.0 Å². The topological polar surface area (TPSA) is 60.5 Å². The van der Waals surface area contributed by atoms with E-state index >= 15 is 0 Å². The molecule has 1 heterocycles. The second kappa shape index (κ2) is 6.59. The number of amides is 1. The number of ether oxygens (including phenoxy) is 4. The molecule has 6 heteroatoms. The van der Waals surface area contributed by atoms with E-state index in [0.29, 0.717) is 30.6 Å². The molecular weight excluding hydrogens is 346 g/mol. The van der Waals surface area contributed by atoms with Crippen LogP contribution in [0, 0.1) is 11.8 Å². The van der Waals surface area contributed by atoms with Crippen LogP contribution in [0.25, 0.3) is 0 Å². The molecule has 0 N–H and O–H groups in total. The van der Waals surface area contributed by atoms with Gasteiger partial charge in [-0.15, -0.1) is 0 Å². The van der Waals surface area contributed by atoms with Crippen molar-refractivity contribution in [2.45, 2.75) is 64.0 Å². The standard InChI is InChI=1S/C21H29NO5/c1-21(2,3)27-20(23)22(16-9-15-14(16)10-18-19(15)26-18)11-12-6-7-13(24-4)8-17(12)25-5/h6-8,14-16,18-19H,9-11H2,1-5H3/t14-,15-,16+,18-,19+/m0/s1. The smallest absolute Gasteiger partial charge is 0.410 e. The molecule has 1 amide bonds. The van der Waals surface area contributed by atoms with E-state index in [1.54, 1.807) is 14.2 Å². The Hall–Kier alpha value is -1.95. The number of carbonyl (C=O) groups excluding carboxylic acids is 1. The van der Waals surface area contributed by atoms with Crippen LogP contribution in [0.5, 0.6) is 11.5 Å². The summed E-state index contributed by atoms with van der Waals surface area (Å²) in [6.45, 7) is 6.17. The maximum absolute atomic E-state index is 13.0. The maximum Gasteiger partial charge on any atom is 0.410 e. The largest absolute Gasteiger partial charge is 0.497 e. The van der Waals surface area contributed by atoms with E-state index < -0.39 is 5.60 Å². The minimum absolute atomic E-state index is 0.202. The first-order valence-electron chi connectivity index (χ1n) is 9.66. The molecule has 3 aliphatic rings. The fourth-order valence-electron chi connectivity index (χ4n) is 4.58. The number of hydrogen-bond donors (Lipinski definition) is 0. The fourth-order valence-corrected chi connectivity index (χ4v) is 4.58. The van der Waals surface area contributed by atoms with Crippen molar-refractivity contribution in [3.05, 3.63) is 23.8 Å². The Morgan fingerprint density at radius 2 is 1.96 bits per heavy atom. The van der Waals surface area contributed by atoms with E-state index in [2.05, 4.69) is 0 Å². The van der Waals surface area contributed by atoms with Crippen molar-refractivity contribution in [3.8, 4) is 11.5 Å². The number of rotatable bonds is 5. The first-order valence-corrected chi connectivity index (χ1v) is 9.66. The number of fused-ring (bicyclic) bond motifs is 3. The van der Waals surface area contributed by atoms with Gasteiger partial charge in [0.15, 0.2) is 0 Å². The lowest BCUT2D eigenvalue weighted by Gasteiger charge is -2.48. The molecule has 0 aromatic heterocycles. The number of benzene rings is 1. The van der Waals surface area contributed by atoms with Crippen molar-refractivity contribution in [2.24, 2.45) is 11.8 Å². The van der Waals surface area contributed by atoms with Gasteiger partial charge in [-0.3, -0.25) is 0 Å². The van der Waals surface area contributed by atoms with Crippen LogP contribution >= 0.6 is 0 Å². The summed E-state index contributed by atoms with van der Waals surface area (Å²) in [5.41, 5.74) is 0.427. The van der Waals surface area contributed by atoms with Crippen LogP contribution < -0.4 is 9.47 Å². The molecule has 3 fully saturated rings. The average Bonchev–Trinajstić information content (AvgIpc) is 3.29. The van der Waals surface area contributed by atoms with Crippen LogP contribution in [0.4, 0.5) is 4.79 Å². The summed E-state index contributed by atoms with van der Waals surface area (Å²) in [5, 5.41) is 0. The van der Waals surface area contributed by atoms with Gasteiger partial charge in [0.25, 0.3) is 0 Å². The first kappa shape index (κ1) is 18.4. The number of methoxy groups -OCH3 is 2. The van der Waals surface area contributed by atoms with Crippen LogP contribution in [0.3, 0.4) is 0 Å². The van der Waals surface area contributed by atoms with Gasteiger partial charge in [-0.05, 0) is 57.6 Å². The normalized spacial score (nSPS) is 30.6. The van der Waals surface area contributed by atoms with Crippen molar-refractivity contribution in [1.82, 2.24) is 4.90 Å². The first-order chi connectivity index (χ1) is 12.8. The van der Waals surface area contributed by atoms with Gasteiger partial charge < -0.3 is 23.8 Å². The van der Waals surface area contributed by atoms with Crippen molar-refractivity contribution in [3.63, 3.8) is 0 Å². The molecule has 1 saturated heterocycles. The minimum atomic E-state index is -0.524. The molecule has 1 aliphatic heterocycles. The van der Waals surface area contributed by atoms with E-state index in [1.165, 1.54) is 0 Å². The molecule has 5 atom stereocenters. The predicted octanol–water partition coefficient (Wildman–Crippen LogP) is 3.62. The van der Waals surface area contributed by atoms with Crippen molar-refractivity contribution >= 4 is 6.09 Å². The van der Waals surface area contributed by atoms with Crippen LogP contribution in [-0.2, 0) is 16.0 Å². The van der Waals surface area contributed by atoms with Crippen molar-refractivity contribution in [1.29, 1.82) is 0 Å². The van der Waals surface area contributed by atoms with Crippen molar-refractivity contribution < 1.29 is 23.7 Å². The molecular formula is C21H29NO5. The number of hydrogen-bond acceptors (Lipinski definition) is 5. The van der Waals surface area contributed by atoms with E-state index in [4.69, 9.17) is 18.9 Å². The van der Waals surface area contributed by atoms with E-state index in [9.17, 15) is 4.79 Å². The Morgan fingerprint density at radius 1 is 1.19 bits per heavy atom. The lowest BCUT2D eigenvalue weighted by molar-refractivity contribution is -0.0391. The third-order valence-corrected chi connectivity index (χ3v) is 5.97. The molecule has 2 saturated carbocycles. The second-order valence-corrected chi connectivity index (χ2v) is 8.79. The zero-order chi connectivity index (χ0) is 19.3. The third-order valence-electron chi connectivity index (χ3n) is 5.97. The molecule has 2 aliphatic carbocycles. The van der Waals surface area contributed by atoms with Crippen LogP contribution in [0.2, 0.25) is 0 Å². The Labute approximate surface area is 160 Å². The molecule has 1 aromatic rings. The van der Waals surface area contributed by atoms with Gasteiger partial charge in [-0.2, -0.15) is 0 Å².